The van der Waals surface area contributed by atoms with Crippen molar-refractivity contribution in [2.24, 2.45) is 0 Å². The van der Waals surface area contributed by atoms with Crippen LogP contribution in [0.15, 0.2) is 18.2 Å². The zero-order valence-electron chi connectivity index (χ0n) is 8.46. The summed E-state index contributed by atoms with van der Waals surface area (Å²) in [6.07, 6.45) is 3.62. The van der Waals surface area contributed by atoms with Crippen LogP contribution in [0.3, 0.4) is 0 Å². The van der Waals surface area contributed by atoms with Crippen LogP contribution in [0.25, 0.3) is 0 Å². The molecule has 0 spiro atoms. The third-order valence-corrected chi connectivity index (χ3v) is 2.86. The molecule has 1 aromatic carbocycles. The number of benzene rings is 1. The van der Waals surface area contributed by atoms with Crippen molar-refractivity contribution in [1.29, 1.82) is 5.26 Å². The molecule has 0 saturated heterocycles. The summed E-state index contributed by atoms with van der Waals surface area (Å²) in [7, 11) is 0. The Morgan fingerprint density at radius 3 is 2.87 bits per heavy atom. The van der Waals surface area contributed by atoms with Crippen molar-refractivity contribution in [3.8, 4) is 6.07 Å². The van der Waals surface area contributed by atoms with Gasteiger partial charge in [-0.25, -0.2) is 4.39 Å². The summed E-state index contributed by atoms with van der Waals surface area (Å²) in [6, 6.07) is 7.02. The molecule has 1 aromatic rings. The van der Waals surface area contributed by atoms with Gasteiger partial charge in [0.15, 0.2) is 0 Å². The van der Waals surface area contributed by atoms with Crippen LogP contribution in [-0.2, 0) is 6.54 Å². The van der Waals surface area contributed by atoms with Crippen molar-refractivity contribution in [1.82, 2.24) is 5.32 Å². The highest BCUT2D eigenvalue weighted by Gasteiger charge is 2.16. The van der Waals surface area contributed by atoms with E-state index < -0.39 is 0 Å². The Hall–Kier alpha value is -1.40. The molecular weight excluding hydrogens is 191 g/mol. The van der Waals surface area contributed by atoms with Crippen LogP contribution in [0.1, 0.15) is 30.4 Å². The molecule has 0 amide bonds. The number of hydrogen-bond acceptors (Lipinski definition) is 2. The summed E-state index contributed by atoms with van der Waals surface area (Å²) in [5, 5.41) is 12.0. The molecule has 0 heterocycles. The van der Waals surface area contributed by atoms with Gasteiger partial charge >= 0.3 is 0 Å². The molecule has 1 aliphatic carbocycles. The van der Waals surface area contributed by atoms with Crippen LogP contribution in [0.4, 0.5) is 4.39 Å². The van der Waals surface area contributed by atoms with Gasteiger partial charge in [0, 0.05) is 18.2 Å². The van der Waals surface area contributed by atoms with Crippen LogP contribution in [-0.4, -0.2) is 6.04 Å². The smallest absolute Gasteiger partial charge is 0.127 e. The molecule has 0 aliphatic heterocycles. The summed E-state index contributed by atoms with van der Waals surface area (Å²) in [6.45, 7) is 0.520. The van der Waals surface area contributed by atoms with Crippen molar-refractivity contribution >= 4 is 0 Å². The molecule has 0 bridgehead atoms. The summed E-state index contributed by atoms with van der Waals surface area (Å²) < 4.78 is 13.3. The van der Waals surface area contributed by atoms with E-state index in [1.54, 1.807) is 6.07 Å². The fraction of sp³-hybridized carbons (Fsp3) is 0.417. The molecule has 0 atom stereocenters. The van der Waals surface area contributed by atoms with Crippen molar-refractivity contribution in [2.45, 2.75) is 31.8 Å². The molecule has 1 aliphatic rings. The minimum Gasteiger partial charge on any atom is -0.310 e. The van der Waals surface area contributed by atoms with E-state index >= 15 is 0 Å². The Bertz CT molecular complexity index is 391. The number of nitriles is 1. The highest BCUT2D eigenvalue weighted by molar-refractivity contribution is 5.33. The molecule has 0 radical (unpaired) electrons. The largest absolute Gasteiger partial charge is 0.310 e. The molecule has 15 heavy (non-hydrogen) atoms. The summed E-state index contributed by atoms with van der Waals surface area (Å²) in [5.41, 5.74) is 1.10. The Morgan fingerprint density at radius 1 is 1.47 bits per heavy atom. The molecule has 0 aromatic heterocycles. The maximum absolute atomic E-state index is 13.3. The van der Waals surface area contributed by atoms with Crippen LogP contribution in [0, 0.1) is 17.1 Å². The predicted molar refractivity (Wildman–Crippen MR) is 55.6 cm³/mol. The van der Waals surface area contributed by atoms with E-state index in [-0.39, 0.29) is 5.82 Å². The molecule has 3 heteroatoms. The first-order chi connectivity index (χ1) is 7.29. The van der Waals surface area contributed by atoms with Crippen molar-refractivity contribution < 1.29 is 4.39 Å². The molecule has 2 rings (SSSR count). The van der Waals surface area contributed by atoms with Gasteiger partial charge in [-0.15, -0.1) is 0 Å². The molecule has 1 fully saturated rings. The lowest BCUT2D eigenvalue weighted by atomic mass is 9.93. The lowest BCUT2D eigenvalue weighted by molar-refractivity contribution is 0.336. The van der Waals surface area contributed by atoms with Crippen LogP contribution in [0.5, 0.6) is 0 Å². The Balaban J connectivity index is 2.02. The van der Waals surface area contributed by atoms with Gasteiger partial charge in [0.2, 0.25) is 0 Å². The van der Waals surface area contributed by atoms with Crippen LogP contribution >= 0.6 is 0 Å². The van der Waals surface area contributed by atoms with E-state index in [0.29, 0.717) is 23.7 Å². The van der Waals surface area contributed by atoms with Gasteiger partial charge < -0.3 is 5.32 Å². The lowest BCUT2D eigenvalue weighted by Crippen LogP contribution is -2.34. The van der Waals surface area contributed by atoms with Crippen molar-refractivity contribution in [3.05, 3.63) is 35.1 Å². The topological polar surface area (TPSA) is 35.8 Å². The lowest BCUT2D eigenvalue weighted by Gasteiger charge is -2.26. The molecule has 1 N–H and O–H groups in total. The standard InChI is InChI=1S/C12H13FN2/c13-12-5-4-9(7-14)6-10(12)8-15-11-2-1-3-11/h4-6,11,15H,1-3,8H2. The van der Waals surface area contributed by atoms with Gasteiger partial charge in [0.05, 0.1) is 11.6 Å². The predicted octanol–water partition coefficient (Wildman–Crippen LogP) is 2.34. The van der Waals surface area contributed by atoms with Crippen molar-refractivity contribution in [3.63, 3.8) is 0 Å². The van der Waals surface area contributed by atoms with Gasteiger partial charge in [0.1, 0.15) is 5.82 Å². The maximum Gasteiger partial charge on any atom is 0.127 e. The fourth-order valence-corrected chi connectivity index (χ4v) is 1.65. The highest BCUT2D eigenvalue weighted by Crippen LogP contribution is 2.19. The second-order valence-corrected chi connectivity index (χ2v) is 3.93. The second kappa shape index (κ2) is 4.41. The first-order valence-corrected chi connectivity index (χ1v) is 5.21. The zero-order valence-corrected chi connectivity index (χ0v) is 8.46. The summed E-state index contributed by atoms with van der Waals surface area (Å²) in [4.78, 5) is 0. The van der Waals surface area contributed by atoms with Gasteiger partial charge in [-0.2, -0.15) is 5.26 Å². The zero-order chi connectivity index (χ0) is 10.7. The fourth-order valence-electron chi connectivity index (χ4n) is 1.65. The molecule has 2 nitrogen and oxygen atoms in total. The maximum atomic E-state index is 13.3. The number of rotatable bonds is 3. The first-order valence-electron chi connectivity index (χ1n) is 5.21. The third kappa shape index (κ3) is 2.34. The molecule has 78 valence electrons. The minimum atomic E-state index is -0.235. The minimum absolute atomic E-state index is 0.235. The average molecular weight is 204 g/mol. The average Bonchev–Trinajstić information content (AvgIpc) is 2.18. The third-order valence-electron chi connectivity index (χ3n) is 2.86. The van der Waals surface area contributed by atoms with Crippen LogP contribution in [0.2, 0.25) is 0 Å². The quantitative estimate of drug-likeness (QED) is 0.820. The van der Waals surface area contributed by atoms with E-state index in [1.165, 1.54) is 31.4 Å². The van der Waals surface area contributed by atoms with Gasteiger partial charge in [-0.3, -0.25) is 0 Å². The number of nitrogens with one attached hydrogen (secondary N) is 1. The highest BCUT2D eigenvalue weighted by atomic mass is 19.1. The number of hydrogen-bond donors (Lipinski definition) is 1. The number of halogens is 1. The normalized spacial score (nSPS) is 15.7. The molecule has 1 saturated carbocycles. The Morgan fingerprint density at radius 2 is 2.27 bits per heavy atom. The van der Waals surface area contributed by atoms with Gasteiger partial charge in [-0.1, -0.05) is 6.42 Å². The van der Waals surface area contributed by atoms with E-state index in [4.69, 9.17) is 5.26 Å². The SMILES string of the molecule is N#Cc1ccc(F)c(CNC2CCC2)c1. The summed E-state index contributed by atoms with van der Waals surface area (Å²) >= 11 is 0. The van der Waals surface area contributed by atoms with Gasteiger partial charge in [0.25, 0.3) is 0 Å². The molecule has 0 unspecified atom stereocenters. The van der Waals surface area contributed by atoms with E-state index in [9.17, 15) is 4.39 Å². The second-order valence-electron chi connectivity index (χ2n) is 3.93. The first kappa shape index (κ1) is 10.1. The van der Waals surface area contributed by atoms with Crippen LogP contribution < -0.4 is 5.32 Å². The van der Waals surface area contributed by atoms with E-state index in [1.807, 2.05) is 6.07 Å². The summed E-state index contributed by atoms with van der Waals surface area (Å²) in [5.74, 6) is -0.235. The Kier molecular flexibility index (Phi) is 2.98. The van der Waals surface area contributed by atoms with E-state index in [0.717, 1.165) is 0 Å². The molecular formula is C12H13FN2. The van der Waals surface area contributed by atoms with E-state index in [2.05, 4.69) is 5.32 Å². The van der Waals surface area contributed by atoms with Crippen molar-refractivity contribution in [2.75, 3.05) is 0 Å². The van der Waals surface area contributed by atoms with Gasteiger partial charge in [-0.05, 0) is 31.0 Å². The number of nitrogens with zero attached hydrogens (tertiary/aromatic N) is 1. The Labute approximate surface area is 88.7 Å². The monoisotopic (exact) mass is 204 g/mol.